The Balaban J connectivity index is -0.0000000709. The minimum atomic E-state index is -1.75. The second-order valence-electron chi connectivity index (χ2n) is 2.92. The summed E-state index contributed by atoms with van der Waals surface area (Å²) in [4.78, 5) is 22.0. The smallest absolute Gasteiger partial charge is 0.872 e. The average molecular weight is 411 g/mol. The zero-order valence-corrected chi connectivity index (χ0v) is 13.3. The summed E-state index contributed by atoms with van der Waals surface area (Å²) in [5, 5.41) is 50.0. The number of rotatable bonds is 0. The van der Waals surface area contributed by atoms with Gasteiger partial charge < -0.3 is 51.8 Å². The van der Waals surface area contributed by atoms with Crippen LogP contribution in [0.3, 0.4) is 0 Å². The van der Waals surface area contributed by atoms with E-state index in [4.69, 9.17) is 30.6 Å². The van der Waals surface area contributed by atoms with Gasteiger partial charge in [-0.3, -0.25) is 0 Å². The number of aromatic nitrogens is 2. The largest absolute Gasteiger partial charge is 2.00 e. The predicted molar refractivity (Wildman–Crippen MR) is 75.4 cm³/mol. The maximum Gasteiger partial charge on any atom is 2.00 e. The molecule has 8 N–H and O–H groups in total. The molecule has 0 unspecified atom stereocenters. The van der Waals surface area contributed by atoms with Crippen molar-refractivity contribution >= 4 is 0 Å². The van der Waals surface area contributed by atoms with Crippen molar-refractivity contribution in [2.45, 2.75) is 0 Å². The topological polar surface area (TPSA) is 273 Å². The molecule has 2 aromatic heterocycles. The van der Waals surface area contributed by atoms with Crippen LogP contribution < -0.4 is 20.2 Å². The van der Waals surface area contributed by atoms with Crippen molar-refractivity contribution in [2.75, 3.05) is 0 Å². The van der Waals surface area contributed by atoms with E-state index in [0.717, 1.165) is 0 Å². The molecule has 0 bridgehead atoms. The fourth-order valence-corrected chi connectivity index (χ4v) is 0.743. The van der Waals surface area contributed by atoms with Crippen molar-refractivity contribution in [2.24, 2.45) is 0 Å². The predicted octanol–water partition coefficient (Wildman–Crippen LogP) is -3.18. The molecule has 0 aliphatic rings. The minimum absolute atomic E-state index is 0. The van der Waals surface area contributed by atoms with Crippen LogP contribution >= 0.6 is 0 Å². The Morgan fingerprint density at radius 2 is 0.800 bits per heavy atom. The molecule has 0 saturated carbocycles. The van der Waals surface area contributed by atoms with Crippen LogP contribution in [0, 0.1) is 30.6 Å². The zero-order chi connectivity index (χ0) is 17.4. The standard InChI is InChI=1S/2C5H5NO.Co.2NO3.2H2O/c2*7-5-1-3-6-4-2-5;;2*2-1(3)4;;/h2*1-4H,(H,6,7);;;;2*1H2/q;;+2;2*-1;;/p+2. The molecule has 0 saturated heterocycles. The van der Waals surface area contributed by atoms with Crippen molar-refractivity contribution in [3.8, 4) is 11.5 Å². The minimum Gasteiger partial charge on any atom is -0.872 e. The van der Waals surface area contributed by atoms with E-state index in [9.17, 15) is 10.2 Å². The van der Waals surface area contributed by atoms with Gasteiger partial charge in [0.25, 0.3) is 0 Å². The molecule has 15 heteroatoms. The molecule has 0 aromatic carbocycles. The molecule has 0 aliphatic heterocycles. The second kappa shape index (κ2) is 23.0. The summed E-state index contributed by atoms with van der Waals surface area (Å²) in [7, 11) is 0. The summed E-state index contributed by atoms with van der Waals surface area (Å²) >= 11 is 0. The molecule has 1 radical (unpaired) electrons. The molecule has 0 fully saturated rings. The summed E-state index contributed by atoms with van der Waals surface area (Å²) in [5.41, 5.74) is 0. The van der Waals surface area contributed by atoms with Crippen molar-refractivity contribution in [3.05, 3.63) is 79.7 Å². The molecule has 25 heavy (non-hydrogen) atoms. The third kappa shape index (κ3) is 44.9. The Morgan fingerprint density at radius 1 is 0.640 bits per heavy atom. The van der Waals surface area contributed by atoms with Crippen LogP contribution in [0.15, 0.2) is 49.1 Å². The van der Waals surface area contributed by atoms with Gasteiger partial charge in [0.1, 0.15) is 0 Å². The molecule has 0 amide bonds. The molecular weight excluding hydrogens is 395 g/mol. The molecular formula is C10H16CoN4O10+2. The third-order valence-electron chi connectivity index (χ3n) is 1.38. The first-order chi connectivity index (χ1) is 10.3. The van der Waals surface area contributed by atoms with E-state index < -0.39 is 10.2 Å². The second-order valence-corrected chi connectivity index (χ2v) is 2.92. The molecule has 2 rings (SSSR count). The van der Waals surface area contributed by atoms with Crippen molar-refractivity contribution in [1.82, 2.24) is 0 Å². The van der Waals surface area contributed by atoms with E-state index in [1.165, 1.54) is 24.3 Å². The number of aromatic amines is 2. The molecule has 0 aliphatic carbocycles. The Kier molecular flexibility index (Phi) is 30.7. The van der Waals surface area contributed by atoms with E-state index in [2.05, 4.69) is 9.97 Å². The van der Waals surface area contributed by atoms with Gasteiger partial charge in [-0.05, 0) is 24.3 Å². The Hall–Kier alpha value is -3.27. The van der Waals surface area contributed by atoms with Crippen molar-refractivity contribution in [1.29, 1.82) is 0 Å². The van der Waals surface area contributed by atoms with Crippen LogP contribution in [0.2, 0.25) is 0 Å². The van der Waals surface area contributed by atoms with Gasteiger partial charge in [0.2, 0.25) is 0 Å². The summed E-state index contributed by atoms with van der Waals surface area (Å²) in [6.07, 6.45) is 6.40. The first-order valence-electron chi connectivity index (χ1n) is 5.15. The molecule has 2 heterocycles. The van der Waals surface area contributed by atoms with Crippen molar-refractivity contribution in [3.63, 3.8) is 0 Å². The van der Waals surface area contributed by atoms with Gasteiger partial charge in [-0.1, -0.05) is 11.5 Å². The molecule has 2 aromatic rings. The Bertz CT molecular complexity index is 476. The van der Waals surface area contributed by atoms with Gasteiger partial charge in [0.15, 0.2) is 24.8 Å². The van der Waals surface area contributed by atoms with Crippen LogP contribution in [0.1, 0.15) is 0 Å². The molecule has 0 spiro atoms. The number of nitrogens with one attached hydrogen (secondary N) is 2. The SMILES string of the molecule is O=[N+]([O-])[O-].O=[N+]([O-])[O-].[Co+2].[O-]c1cc[nH+]cc1.[O-]c1cc[nH+]cc1.[OH3+].[OH3+]. The van der Waals surface area contributed by atoms with Crippen LogP contribution in [0.4, 0.5) is 0 Å². The number of nitrogens with zero attached hydrogens (tertiary/aromatic N) is 2. The van der Waals surface area contributed by atoms with Gasteiger partial charge in [-0.2, -0.15) is 0 Å². The number of H-pyrrole nitrogens is 2. The Morgan fingerprint density at radius 3 is 0.880 bits per heavy atom. The first kappa shape index (κ1) is 33.4. The van der Waals surface area contributed by atoms with Gasteiger partial charge in [0.05, 0.1) is 10.2 Å². The van der Waals surface area contributed by atoms with E-state index in [1.54, 1.807) is 24.8 Å². The summed E-state index contributed by atoms with van der Waals surface area (Å²) < 4.78 is 0. The maximum atomic E-state index is 10.2. The summed E-state index contributed by atoms with van der Waals surface area (Å²) in [5.74, 6) is 0.0810. The van der Waals surface area contributed by atoms with Crippen LogP contribution in [-0.4, -0.2) is 10.2 Å². The fourth-order valence-electron chi connectivity index (χ4n) is 0.743. The van der Waals surface area contributed by atoms with E-state index in [1.807, 2.05) is 0 Å². The van der Waals surface area contributed by atoms with Crippen LogP contribution in [0.5, 0.6) is 11.5 Å². The van der Waals surface area contributed by atoms with E-state index in [0.29, 0.717) is 0 Å². The fraction of sp³-hybridized carbons (Fsp3) is 0. The Labute approximate surface area is 150 Å². The molecule has 14 nitrogen and oxygen atoms in total. The normalized spacial score (nSPS) is 6.72. The van der Waals surface area contributed by atoms with E-state index in [-0.39, 0.29) is 39.2 Å². The first-order valence-corrected chi connectivity index (χ1v) is 5.15. The van der Waals surface area contributed by atoms with Gasteiger partial charge in [-0.25, -0.2) is 9.97 Å². The molecule has 143 valence electrons. The van der Waals surface area contributed by atoms with Crippen LogP contribution in [0.25, 0.3) is 0 Å². The zero-order valence-electron chi connectivity index (χ0n) is 12.3. The van der Waals surface area contributed by atoms with E-state index >= 15 is 0 Å². The number of pyridine rings is 2. The van der Waals surface area contributed by atoms with Crippen molar-refractivity contribution < 1.29 is 58.1 Å². The average Bonchev–Trinajstić information content (AvgIpc) is 2.40. The molecule has 0 atom stereocenters. The monoisotopic (exact) mass is 411 g/mol. The van der Waals surface area contributed by atoms with Gasteiger partial charge in [0, 0.05) is 0 Å². The van der Waals surface area contributed by atoms with Gasteiger partial charge in [-0.15, -0.1) is 0 Å². The van der Waals surface area contributed by atoms with Crippen LogP contribution in [-0.2, 0) is 27.7 Å². The summed E-state index contributed by atoms with van der Waals surface area (Å²) in [6, 6.07) is 5.89. The maximum absolute atomic E-state index is 10.2. The number of hydrogen-bond donors (Lipinski definition) is 0. The number of hydrogen-bond acceptors (Lipinski definition) is 8. The third-order valence-corrected chi connectivity index (χ3v) is 1.38. The quantitative estimate of drug-likeness (QED) is 0.241. The van der Waals surface area contributed by atoms with Gasteiger partial charge >= 0.3 is 16.8 Å². The summed E-state index contributed by atoms with van der Waals surface area (Å²) in [6.45, 7) is 0.